The summed E-state index contributed by atoms with van der Waals surface area (Å²) in [6.45, 7) is -0.647. The number of amides is 2. The van der Waals surface area contributed by atoms with Crippen LogP contribution in [0.3, 0.4) is 0 Å². The van der Waals surface area contributed by atoms with Gasteiger partial charge in [0.05, 0.1) is 17.7 Å². The molecule has 3 rings (SSSR count). The van der Waals surface area contributed by atoms with E-state index in [0.29, 0.717) is 23.8 Å². The summed E-state index contributed by atoms with van der Waals surface area (Å²) in [4.78, 5) is 26.7. The standard InChI is InChI=1S/C23H19F4N3O2/c24-18-11-10-16(23(25,26)27)12-15(18)13-30(22(32)17-8-4-5-9-19(17)28)20(21(29)31)14-6-2-1-3-7-14/h1-12,20H,13,28H2,(H2,29,31)/t20-/m1/s1. The average molecular weight is 445 g/mol. The lowest BCUT2D eigenvalue weighted by Crippen LogP contribution is -2.41. The summed E-state index contributed by atoms with van der Waals surface area (Å²) >= 11 is 0. The molecular weight excluding hydrogens is 426 g/mol. The van der Waals surface area contributed by atoms with Crippen LogP contribution >= 0.6 is 0 Å². The van der Waals surface area contributed by atoms with Crippen molar-refractivity contribution in [2.24, 2.45) is 5.73 Å². The van der Waals surface area contributed by atoms with E-state index in [1.807, 2.05) is 0 Å². The van der Waals surface area contributed by atoms with Gasteiger partial charge in [-0.25, -0.2) is 4.39 Å². The maximum absolute atomic E-state index is 14.5. The fraction of sp³-hybridized carbons (Fsp3) is 0.130. The number of para-hydroxylation sites is 1. The number of anilines is 1. The largest absolute Gasteiger partial charge is 0.416 e. The zero-order chi connectivity index (χ0) is 23.5. The molecule has 0 aliphatic carbocycles. The van der Waals surface area contributed by atoms with Crippen molar-refractivity contribution in [2.75, 3.05) is 5.73 Å². The van der Waals surface area contributed by atoms with Crippen molar-refractivity contribution in [1.29, 1.82) is 0 Å². The molecule has 0 aliphatic heterocycles. The molecule has 32 heavy (non-hydrogen) atoms. The van der Waals surface area contributed by atoms with Gasteiger partial charge in [0.1, 0.15) is 11.9 Å². The van der Waals surface area contributed by atoms with Crippen LogP contribution in [-0.2, 0) is 17.5 Å². The molecule has 166 valence electrons. The molecule has 0 spiro atoms. The van der Waals surface area contributed by atoms with Crippen LogP contribution in [-0.4, -0.2) is 16.7 Å². The van der Waals surface area contributed by atoms with Gasteiger partial charge in [0.2, 0.25) is 5.91 Å². The van der Waals surface area contributed by atoms with Crippen molar-refractivity contribution in [3.8, 4) is 0 Å². The number of carbonyl (C=O) groups is 2. The molecule has 9 heteroatoms. The second-order valence-electron chi connectivity index (χ2n) is 7.04. The van der Waals surface area contributed by atoms with Crippen molar-refractivity contribution >= 4 is 17.5 Å². The maximum atomic E-state index is 14.5. The van der Waals surface area contributed by atoms with Gasteiger partial charge in [0.25, 0.3) is 5.91 Å². The van der Waals surface area contributed by atoms with Gasteiger partial charge in [-0.05, 0) is 35.9 Å². The number of nitrogen functional groups attached to an aromatic ring is 1. The number of nitrogens with two attached hydrogens (primary N) is 2. The SMILES string of the molecule is NC(=O)[C@@H](c1ccccc1)N(Cc1cc(C(F)(F)F)ccc1F)C(=O)c1ccccc1N. The number of rotatable bonds is 6. The maximum Gasteiger partial charge on any atom is 0.416 e. The van der Waals surface area contributed by atoms with E-state index < -0.39 is 47.5 Å². The molecule has 2 amide bonds. The van der Waals surface area contributed by atoms with Crippen molar-refractivity contribution in [1.82, 2.24) is 4.90 Å². The van der Waals surface area contributed by atoms with Gasteiger partial charge in [-0.3, -0.25) is 9.59 Å². The lowest BCUT2D eigenvalue weighted by Gasteiger charge is -2.31. The van der Waals surface area contributed by atoms with Gasteiger partial charge >= 0.3 is 6.18 Å². The van der Waals surface area contributed by atoms with E-state index in [-0.39, 0.29) is 11.3 Å². The fourth-order valence-corrected chi connectivity index (χ4v) is 3.32. The molecule has 3 aromatic rings. The Morgan fingerprint density at radius 1 is 0.938 bits per heavy atom. The van der Waals surface area contributed by atoms with Crippen molar-refractivity contribution in [2.45, 2.75) is 18.8 Å². The predicted octanol–water partition coefficient (Wildman–Crippen LogP) is 4.30. The number of benzene rings is 3. The molecule has 0 aliphatic rings. The first kappa shape index (κ1) is 22.8. The first-order valence-corrected chi connectivity index (χ1v) is 9.45. The molecule has 0 saturated carbocycles. The first-order valence-electron chi connectivity index (χ1n) is 9.45. The quantitative estimate of drug-likeness (QED) is 0.438. The molecule has 0 heterocycles. The highest BCUT2D eigenvalue weighted by Crippen LogP contribution is 2.32. The molecule has 0 saturated heterocycles. The fourth-order valence-electron chi connectivity index (χ4n) is 3.32. The van der Waals surface area contributed by atoms with Gasteiger partial charge in [-0.1, -0.05) is 42.5 Å². The van der Waals surface area contributed by atoms with E-state index in [0.717, 1.165) is 4.90 Å². The summed E-state index contributed by atoms with van der Waals surface area (Å²) in [5, 5.41) is 0. The molecule has 0 aromatic heterocycles. The normalized spacial score (nSPS) is 12.2. The van der Waals surface area contributed by atoms with Crippen LogP contribution in [0.25, 0.3) is 0 Å². The number of hydrogen-bond donors (Lipinski definition) is 2. The highest BCUT2D eigenvalue weighted by atomic mass is 19.4. The van der Waals surface area contributed by atoms with Crippen molar-refractivity contribution in [3.05, 3.63) is 101 Å². The number of primary amides is 1. The number of hydrogen-bond acceptors (Lipinski definition) is 3. The average Bonchev–Trinajstić information content (AvgIpc) is 2.74. The van der Waals surface area contributed by atoms with Gasteiger partial charge < -0.3 is 16.4 Å². The van der Waals surface area contributed by atoms with Gasteiger partial charge in [0.15, 0.2) is 0 Å². The first-order chi connectivity index (χ1) is 15.1. The van der Waals surface area contributed by atoms with E-state index in [1.165, 1.54) is 30.3 Å². The number of carbonyl (C=O) groups excluding carboxylic acids is 2. The minimum atomic E-state index is -4.72. The van der Waals surface area contributed by atoms with Crippen LogP contribution in [0.1, 0.15) is 33.1 Å². The van der Waals surface area contributed by atoms with Crippen molar-refractivity contribution < 1.29 is 27.2 Å². The van der Waals surface area contributed by atoms with Gasteiger partial charge in [-0.2, -0.15) is 13.2 Å². The lowest BCUT2D eigenvalue weighted by molar-refractivity contribution is -0.137. The summed E-state index contributed by atoms with van der Waals surface area (Å²) in [6.07, 6.45) is -4.72. The van der Waals surface area contributed by atoms with E-state index in [2.05, 4.69) is 0 Å². The molecule has 0 bridgehead atoms. The Labute approximate surface area is 181 Å². The minimum Gasteiger partial charge on any atom is -0.398 e. The van der Waals surface area contributed by atoms with Gasteiger partial charge in [-0.15, -0.1) is 0 Å². The van der Waals surface area contributed by atoms with Crippen LogP contribution in [0.15, 0.2) is 72.8 Å². The molecular formula is C23H19F4N3O2. The topological polar surface area (TPSA) is 89.4 Å². The number of alkyl halides is 3. The Morgan fingerprint density at radius 2 is 1.56 bits per heavy atom. The molecule has 0 fully saturated rings. The van der Waals surface area contributed by atoms with Crippen LogP contribution in [0.4, 0.5) is 23.2 Å². The molecule has 1 atom stereocenters. The molecule has 0 radical (unpaired) electrons. The van der Waals surface area contributed by atoms with E-state index in [9.17, 15) is 27.2 Å². The molecule has 0 unspecified atom stereocenters. The zero-order valence-electron chi connectivity index (χ0n) is 16.6. The van der Waals surface area contributed by atoms with Gasteiger partial charge in [0, 0.05) is 11.3 Å². The van der Waals surface area contributed by atoms with Crippen LogP contribution < -0.4 is 11.5 Å². The third-order valence-electron chi connectivity index (χ3n) is 4.86. The molecule has 4 N–H and O–H groups in total. The second-order valence-corrected chi connectivity index (χ2v) is 7.04. The molecule has 5 nitrogen and oxygen atoms in total. The van der Waals surface area contributed by atoms with E-state index in [4.69, 9.17) is 11.5 Å². The third kappa shape index (κ3) is 4.88. The predicted molar refractivity (Wildman–Crippen MR) is 111 cm³/mol. The van der Waals surface area contributed by atoms with E-state index >= 15 is 0 Å². The highest BCUT2D eigenvalue weighted by molar-refractivity contribution is 6.01. The summed E-state index contributed by atoms with van der Waals surface area (Å²) in [7, 11) is 0. The smallest absolute Gasteiger partial charge is 0.398 e. The Balaban J connectivity index is 2.14. The second kappa shape index (κ2) is 9.09. The Bertz CT molecular complexity index is 1130. The van der Waals surface area contributed by atoms with Crippen molar-refractivity contribution in [3.63, 3.8) is 0 Å². The summed E-state index contributed by atoms with van der Waals surface area (Å²) in [5.74, 6) is -2.69. The number of halogens is 4. The third-order valence-corrected chi connectivity index (χ3v) is 4.86. The van der Waals surface area contributed by atoms with Crippen LogP contribution in [0.5, 0.6) is 0 Å². The van der Waals surface area contributed by atoms with Crippen LogP contribution in [0, 0.1) is 5.82 Å². The monoisotopic (exact) mass is 445 g/mol. The minimum absolute atomic E-state index is 0.00191. The highest BCUT2D eigenvalue weighted by Gasteiger charge is 2.34. The summed E-state index contributed by atoms with van der Waals surface area (Å²) in [5.41, 5.74) is 10.4. The Morgan fingerprint density at radius 3 is 2.16 bits per heavy atom. The zero-order valence-corrected chi connectivity index (χ0v) is 16.6. The van der Waals surface area contributed by atoms with Crippen LogP contribution in [0.2, 0.25) is 0 Å². The Hall–Kier alpha value is -3.88. The molecule has 3 aromatic carbocycles. The summed E-state index contributed by atoms with van der Waals surface area (Å²) in [6, 6.07) is 14.4. The Kier molecular flexibility index (Phi) is 6.47. The number of nitrogens with zero attached hydrogens (tertiary/aromatic N) is 1. The van der Waals surface area contributed by atoms with E-state index in [1.54, 1.807) is 24.3 Å². The lowest BCUT2D eigenvalue weighted by atomic mass is 10.0. The summed E-state index contributed by atoms with van der Waals surface area (Å²) < 4.78 is 54.0.